The maximum absolute atomic E-state index is 5.72. The minimum absolute atomic E-state index is 0.439. The molecule has 3 rings (SSSR count). The zero-order valence-corrected chi connectivity index (χ0v) is 12.1. The van der Waals surface area contributed by atoms with Crippen molar-refractivity contribution >= 4 is 15.9 Å². The minimum Gasteiger partial charge on any atom is -0.486 e. The third kappa shape index (κ3) is 2.11. The van der Waals surface area contributed by atoms with E-state index in [1.165, 1.54) is 0 Å². The highest BCUT2D eigenvalue weighted by Crippen LogP contribution is 2.35. The fraction of sp³-hybridized carbons (Fsp3) is 0.308. The van der Waals surface area contributed by atoms with Crippen LogP contribution in [-0.4, -0.2) is 22.8 Å². The molecule has 6 heteroatoms. The number of benzene rings is 1. The van der Waals surface area contributed by atoms with Crippen molar-refractivity contribution in [2.24, 2.45) is 12.8 Å². The lowest BCUT2D eigenvalue weighted by atomic mass is 10.2. The SMILES string of the molecule is Cn1c(-c2ccc3c(c2)OCCO3)nc(Br)c1CN. The van der Waals surface area contributed by atoms with Crippen molar-refractivity contribution in [3.8, 4) is 22.9 Å². The lowest BCUT2D eigenvalue weighted by Crippen LogP contribution is -2.15. The van der Waals surface area contributed by atoms with Crippen LogP contribution in [-0.2, 0) is 13.6 Å². The van der Waals surface area contributed by atoms with Gasteiger partial charge >= 0.3 is 0 Å². The molecule has 0 saturated carbocycles. The van der Waals surface area contributed by atoms with E-state index in [0.29, 0.717) is 19.8 Å². The Bertz CT molecular complexity index is 625. The average Bonchev–Trinajstić information content (AvgIpc) is 2.73. The van der Waals surface area contributed by atoms with Gasteiger partial charge in [-0.25, -0.2) is 4.98 Å². The highest BCUT2D eigenvalue weighted by Gasteiger charge is 2.17. The summed E-state index contributed by atoms with van der Waals surface area (Å²) in [5.41, 5.74) is 7.66. The van der Waals surface area contributed by atoms with Crippen molar-refractivity contribution in [2.45, 2.75) is 6.54 Å². The molecule has 0 fully saturated rings. The highest BCUT2D eigenvalue weighted by molar-refractivity contribution is 9.10. The Kier molecular flexibility index (Phi) is 3.20. The Hall–Kier alpha value is -1.53. The van der Waals surface area contributed by atoms with Crippen molar-refractivity contribution in [1.82, 2.24) is 9.55 Å². The van der Waals surface area contributed by atoms with E-state index in [0.717, 1.165) is 33.2 Å². The van der Waals surface area contributed by atoms with Gasteiger partial charge in [0.15, 0.2) is 11.5 Å². The van der Waals surface area contributed by atoms with Crippen LogP contribution in [0.1, 0.15) is 5.69 Å². The molecular formula is C13H14BrN3O2. The van der Waals surface area contributed by atoms with Crippen LogP contribution in [0.5, 0.6) is 11.5 Å². The van der Waals surface area contributed by atoms with Crippen LogP contribution in [0.25, 0.3) is 11.4 Å². The Morgan fingerprint density at radius 3 is 2.74 bits per heavy atom. The summed E-state index contributed by atoms with van der Waals surface area (Å²) in [6, 6.07) is 5.83. The van der Waals surface area contributed by atoms with E-state index in [1.54, 1.807) is 0 Å². The summed E-state index contributed by atoms with van der Waals surface area (Å²) in [6.07, 6.45) is 0. The van der Waals surface area contributed by atoms with Crippen LogP contribution in [0.4, 0.5) is 0 Å². The molecule has 19 heavy (non-hydrogen) atoms. The van der Waals surface area contributed by atoms with Gasteiger partial charge in [0.25, 0.3) is 0 Å². The van der Waals surface area contributed by atoms with E-state index in [2.05, 4.69) is 20.9 Å². The molecule has 2 aromatic rings. The van der Waals surface area contributed by atoms with E-state index >= 15 is 0 Å². The number of imidazole rings is 1. The van der Waals surface area contributed by atoms with E-state index in [1.807, 2.05) is 29.8 Å². The first-order valence-electron chi connectivity index (χ1n) is 6.02. The molecule has 1 aliphatic rings. The monoisotopic (exact) mass is 323 g/mol. The predicted molar refractivity (Wildman–Crippen MR) is 75.2 cm³/mol. The number of nitrogens with zero attached hydrogens (tertiary/aromatic N) is 2. The number of fused-ring (bicyclic) bond motifs is 1. The van der Waals surface area contributed by atoms with Crippen LogP contribution >= 0.6 is 15.9 Å². The van der Waals surface area contributed by atoms with Crippen LogP contribution in [0.3, 0.4) is 0 Å². The first-order valence-corrected chi connectivity index (χ1v) is 6.81. The smallest absolute Gasteiger partial charge is 0.162 e. The van der Waals surface area contributed by atoms with Gasteiger partial charge in [0, 0.05) is 19.2 Å². The molecule has 2 heterocycles. The molecule has 0 unspecified atom stereocenters. The molecule has 0 aliphatic carbocycles. The summed E-state index contributed by atoms with van der Waals surface area (Å²) in [4.78, 5) is 4.50. The van der Waals surface area contributed by atoms with E-state index in [9.17, 15) is 0 Å². The summed E-state index contributed by atoms with van der Waals surface area (Å²) < 4.78 is 13.9. The number of nitrogens with two attached hydrogens (primary N) is 1. The largest absolute Gasteiger partial charge is 0.486 e. The van der Waals surface area contributed by atoms with Crippen molar-refractivity contribution in [3.05, 3.63) is 28.5 Å². The van der Waals surface area contributed by atoms with Crippen molar-refractivity contribution in [1.29, 1.82) is 0 Å². The predicted octanol–water partition coefficient (Wildman–Crippen LogP) is 2.08. The summed E-state index contributed by atoms with van der Waals surface area (Å²) in [5, 5.41) is 0. The maximum Gasteiger partial charge on any atom is 0.162 e. The molecule has 1 aliphatic heterocycles. The van der Waals surface area contributed by atoms with Gasteiger partial charge in [-0.05, 0) is 34.1 Å². The van der Waals surface area contributed by atoms with Crippen molar-refractivity contribution in [3.63, 3.8) is 0 Å². The quantitative estimate of drug-likeness (QED) is 0.919. The second-order valence-corrected chi connectivity index (χ2v) is 5.05. The van der Waals surface area contributed by atoms with Gasteiger partial charge in [-0.15, -0.1) is 0 Å². The fourth-order valence-corrected chi connectivity index (χ4v) is 2.76. The molecule has 0 atom stereocenters. The van der Waals surface area contributed by atoms with Gasteiger partial charge in [-0.1, -0.05) is 0 Å². The normalized spacial score (nSPS) is 13.6. The zero-order valence-electron chi connectivity index (χ0n) is 10.5. The van der Waals surface area contributed by atoms with Gasteiger partial charge in [-0.3, -0.25) is 0 Å². The van der Waals surface area contributed by atoms with Crippen LogP contribution in [0.15, 0.2) is 22.8 Å². The van der Waals surface area contributed by atoms with Gasteiger partial charge in [0.2, 0.25) is 0 Å². The third-order valence-electron chi connectivity index (χ3n) is 3.16. The zero-order chi connectivity index (χ0) is 13.4. The summed E-state index contributed by atoms with van der Waals surface area (Å²) in [7, 11) is 1.95. The summed E-state index contributed by atoms with van der Waals surface area (Å²) in [6.45, 7) is 1.61. The Labute approximate surface area is 119 Å². The highest BCUT2D eigenvalue weighted by atomic mass is 79.9. The molecule has 0 radical (unpaired) electrons. The first kappa shape index (κ1) is 12.5. The van der Waals surface area contributed by atoms with Gasteiger partial charge in [0.1, 0.15) is 23.6 Å². The molecule has 1 aromatic heterocycles. The molecule has 0 bridgehead atoms. The van der Waals surface area contributed by atoms with Gasteiger partial charge < -0.3 is 19.8 Å². The van der Waals surface area contributed by atoms with Crippen LogP contribution < -0.4 is 15.2 Å². The van der Waals surface area contributed by atoms with E-state index in [-0.39, 0.29) is 0 Å². The van der Waals surface area contributed by atoms with Crippen LogP contribution in [0.2, 0.25) is 0 Å². The molecule has 1 aromatic carbocycles. The fourth-order valence-electron chi connectivity index (χ4n) is 2.16. The minimum atomic E-state index is 0.439. The van der Waals surface area contributed by atoms with Crippen LogP contribution in [0, 0.1) is 0 Å². The molecule has 5 nitrogen and oxygen atoms in total. The summed E-state index contributed by atoms with van der Waals surface area (Å²) >= 11 is 3.43. The Balaban J connectivity index is 2.07. The number of halogens is 1. The lowest BCUT2D eigenvalue weighted by Gasteiger charge is -2.18. The second-order valence-electron chi connectivity index (χ2n) is 4.29. The topological polar surface area (TPSA) is 62.3 Å². The van der Waals surface area contributed by atoms with Crippen molar-refractivity contribution < 1.29 is 9.47 Å². The molecule has 2 N–H and O–H groups in total. The Morgan fingerprint density at radius 1 is 1.32 bits per heavy atom. The average molecular weight is 324 g/mol. The van der Waals surface area contributed by atoms with Gasteiger partial charge in [-0.2, -0.15) is 0 Å². The van der Waals surface area contributed by atoms with E-state index < -0.39 is 0 Å². The van der Waals surface area contributed by atoms with E-state index in [4.69, 9.17) is 15.2 Å². The van der Waals surface area contributed by atoms with Gasteiger partial charge in [0.05, 0.1) is 5.69 Å². The molecule has 0 amide bonds. The number of aromatic nitrogens is 2. The maximum atomic E-state index is 5.72. The molecular weight excluding hydrogens is 310 g/mol. The number of rotatable bonds is 2. The van der Waals surface area contributed by atoms with Crippen molar-refractivity contribution in [2.75, 3.05) is 13.2 Å². The summed E-state index contributed by atoms with van der Waals surface area (Å²) in [5.74, 6) is 2.39. The number of hydrogen-bond donors (Lipinski definition) is 1. The third-order valence-corrected chi connectivity index (χ3v) is 3.79. The molecule has 0 saturated heterocycles. The number of hydrogen-bond acceptors (Lipinski definition) is 4. The Morgan fingerprint density at radius 2 is 2.05 bits per heavy atom. The standard InChI is InChI=1S/C13H14BrN3O2/c1-17-9(7-15)12(14)16-13(17)8-2-3-10-11(6-8)19-5-4-18-10/h2-3,6H,4-5,7,15H2,1H3. The lowest BCUT2D eigenvalue weighted by molar-refractivity contribution is 0.171. The first-order chi connectivity index (χ1) is 9.20. The number of ether oxygens (including phenoxy) is 2. The second kappa shape index (κ2) is 4.86. The molecule has 100 valence electrons. The molecule has 0 spiro atoms.